The smallest absolute Gasteiger partial charge is 0.0715 e. The first kappa shape index (κ1) is 13.3. The molecule has 102 valence electrons. The Balaban J connectivity index is 0.00000132. The van der Waals surface area contributed by atoms with Gasteiger partial charge in [-0.3, -0.25) is 0 Å². The summed E-state index contributed by atoms with van der Waals surface area (Å²) in [6.07, 6.45) is 0. The lowest BCUT2D eigenvalue weighted by atomic mass is 9.96. The van der Waals surface area contributed by atoms with Gasteiger partial charge in [-0.05, 0) is 17.7 Å². The Kier molecular flexibility index (Phi) is 3.38. The van der Waals surface area contributed by atoms with E-state index in [-0.39, 0.29) is 6.15 Å². The first-order valence-electron chi connectivity index (χ1n) is 6.76. The Labute approximate surface area is 123 Å². The zero-order chi connectivity index (χ0) is 13.4. The third-order valence-electron chi connectivity index (χ3n) is 3.65. The minimum absolute atomic E-state index is 0. The molecule has 0 unspecified atom stereocenters. The predicted molar refractivity (Wildman–Crippen MR) is 89.7 cm³/mol. The molecular weight excluding hydrogens is 256 g/mol. The lowest BCUT2D eigenvalue weighted by Gasteiger charge is -2.10. The Morgan fingerprint density at radius 2 is 1.00 bits per heavy atom. The van der Waals surface area contributed by atoms with E-state index in [9.17, 15) is 0 Å². The molecule has 0 fully saturated rings. The van der Waals surface area contributed by atoms with Gasteiger partial charge in [-0.15, -0.1) is 0 Å². The van der Waals surface area contributed by atoms with Gasteiger partial charge >= 0.3 is 0 Å². The van der Waals surface area contributed by atoms with Crippen molar-refractivity contribution in [3.8, 4) is 11.1 Å². The Morgan fingerprint density at radius 3 is 1.57 bits per heavy atom. The van der Waals surface area contributed by atoms with Crippen LogP contribution in [-0.4, -0.2) is 4.98 Å². The largest absolute Gasteiger partial charge is 0.344 e. The van der Waals surface area contributed by atoms with Crippen LogP contribution >= 0.6 is 0 Å². The highest BCUT2D eigenvalue weighted by atomic mass is 14.7. The lowest BCUT2D eigenvalue weighted by molar-refractivity contribution is 1.49. The molecule has 1 aromatic heterocycles. The highest BCUT2D eigenvalue weighted by Gasteiger charge is 2.09. The number of fused-ring (bicyclic) bond motifs is 2. The average molecular weight is 272 g/mol. The van der Waals surface area contributed by atoms with Gasteiger partial charge < -0.3 is 6.15 Å². The summed E-state index contributed by atoms with van der Waals surface area (Å²) in [5, 5.41) is 2.41. The molecule has 0 spiro atoms. The van der Waals surface area contributed by atoms with E-state index in [1.165, 1.54) is 21.9 Å². The number of benzene rings is 3. The molecule has 3 N–H and O–H groups in total. The van der Waals surface area contributed by atoms with Gasteiger partial charge in [0.25, 0.3) is 0 Å². The van der Waals surface area contributed by atoms with Crippen molar-refractivity contribution in [2.75, 3.05) is 0 Å². The SMILES string of the molecule is N.c1ccc(-c2c3ccccc3nc3ccccc23)cc1. The third-order valence-corrected chi connectivity index (χ3v) is 3.65. The number of hydrogen-bond donors (Lipinski definition) is 1. The van der Waals surface area contributed by atoms with Gasteiger partial charge in [-0.25, -0.2) is 4.98 Å². The van der Waals surface area contributed by atoms with E-state index >= 15 is 0 Å². The van der Waals surface area contributed by atoms with Crippen molar-refractivity contribution in [3.05, 3.63) is 78.9 Å². The predicted octanol–water partition coefficient (Wildman–Crippen LogP) is 5.22. The Hall–Kier alpha value is -2.71. The standard InChI is InChI=1S/C19H13N.H3N/c1-2-8-14(9-3-1)19-15-10-4-6-12-17(15)20-18-13-7-5-11-16(18)19;/h1-13H;1H3. The van der Waals surface area contributed by atoms with E-state index in [4.69, 9.17) is 4.98 Å². The van der Waals surface area contributed by atoms with Crippen molar-refractivity contribution >= 4 is 21.8 Å². The number of aromatic nitrogens is 1. The van der Waals surface area contributed by atoms with Crippen LogP contribution in [0.5, 0.6) is 0 Å². The van der Waals surface area contributed by atoms with Crippen LogP contribution < -0.4 is 6.15 Å². The number of rotatable bonds is 1. The summed E-state index contributed by atoms with van der Waals surface area (Å²) in [4.78, 5) is 4.76. The molecule has 0 amide bonds. The zero-order valence-corrected chi connectivity index (χ0v) is 11.7. The van der Waals surface area contributed by atoms with Crippen LogP contribution in [0.4, 0.5) is 0 Å². The molecule has 1 heterocycles. The molecule has 0 radical (unpaired) electrons. The van der Waals surface area contributed by atoms with E-state index in [0.717, 1.165) is 11.0 Å². The molecule has 0 bridgehead atoms. The highest BCUT2D eigenvalue weighted by molar-refractivity contribution is 6.09. The van der Waals surface area contributed by atoms with Crippen LogP contribution in [0.15, 0.2) is 78.9 Å². The minimum Gasteiger partial charge on any atom is -0.344 e. The van der Waals surface area contributed by atoms with Crippen LogP contribution in [0.25, 0.3) is 32.9 Å². The molecule has 2 nitrogen and oxygen atoms in total. The summed E-state index contributed by atoms with van der Waals surface area (Å²) in [6.45, 7) is 0. The third kappa shape index (κ3) is 2.16. The van der Waals surface area contributed by atoms with Gasteiger partial charge in [0.2, 0.25) is 0 Å². The van der Waals surface area contributed by atoms with E-state index in [0.29, 0.717) is 0 Å². The lowest BCUT2D eigenvalue weighted by Crippen LogP contribution is -1.88. The zero-order valence-electron chi connectivity index (χ0n) is 11.7. The maximum atomic E-state index is 4.76. The summed E-state index contributed by atoms with van der Waals surface area (Å²) in [5.74, 6) is 0. The summed E-state index contributed by atoms with van der Waals surface area (Å²) >= 11 is 0. The van der Waals surface area contributed by atoms with Crippen molar-refractivity contribution in [2.45, 2.75) is 0 Å². The molecule has 0 saturated carbocycles. The number of para-hydroxylation sites is 2. The molecule has 21 heavy (non-hydrogen) atoms. The van der Waals surface area contributed by atoms with Gasteiger partial charge in [0, 0.05) is 16.3 Å². The van der Waals surface area contributed by atoms with Gasteiger partial charge in [-0.1, -0.05) is 66.7 Å². The second-order valence-electron chi connectivity index (χ2n) is 4.89. The Bertz CT molecular complexity index is 845. The average Bonchev–Trinajstić information content (AvgIpc) is 2.53. The van der Waals surface area contributed by atoms with Crippen LogP contribution in [0.1, 0.15) is 0 Å². The molecule has 0 aliphatic rings. The first-order chi connectivity index (χ1) is 9.93. The van der Waals surface area contributed by atoms with Crippen molar-refractivity contribution in [1.29, 1.82) is 0 Å². The van der Waals surface area contributed by atoms with E-state index < -0.39 is 0 Å². The van der Waals surface area contributed by atoms with Gasteiger partial charge in [-0.2, -0.15) is 0 Å². The monoisotopic (exact) mass is 272 g/mol. The van der Waals surface area contributed by atoms with Crippen LogP contribution in [0, 0.1) is 0 Å². The van der Waals surface area contributed by atoms with E-state index in [1.807, 2.05) is 12.1 Å². The van der Waals surface area contributed by atoms with Crippen molar-refractivity contribution in [3.63, 3.8) is 0 Å². The van der Waals surface area contributed by atoms with Crippen LogP contribution in [0.3, 0.4) is 0 Å². The molecule has 2 heteroatoms. The quantitative estimate of drug-likeness (QED) is 0.483. The molecule has 0 saturated heterocycles. The second kappa shape index (κ2) is 5.35. The summed E-state index contributed by atoms with van der Waals surface area (Å²) in [5.41, 5.74) is 4.60. The summed E-state index contributed by atoms with van der Waals surface area (Å²) in [7, 11) is 0. The maximum absolute atomic E-state index is 4.76. The maximum Gasteiger partial charge on any atom is 0.0715 e. The van der Waals surface area contributed by atoms with Gasteiger partial charge in [0.05, 0.1) is 11.0 Å². The summed E-state index contributed by atoms with van der Waals surface area (Å²) in [6, 6.07) is 27.2. The fraction of sp³-hybridized carbons (Fsp3) is 0. The molecule has 3 aromatic carbocycles. The number of hydrogen-bond acceptors (Lipinski definition) is 2. The van der Waals surface area contributed by atoms with Gasteiger partial charge in [0.1, 0.15) is 0 Å². The van der Waals surface area contributed by atoms with Crippen LogP contribution in [-0.2, 0) is 0 Å². The summed E-state index contributed by atoms with van der Waals surface area (Å²) < 4.78 is 0. The van der Waals surface area contributed by atoms with Gasteiger partial charge in [0.15, 0.2) is 0 Å². The van der Waals surface area contributed by atoms with Crippen LogP contribution in [0.2, 0.25) is 0 Å². The fourth-order valence-electron chi connectivity index (χ4n) is 2.76. The topological polar surface area (TPSA) is 47.9 Å². The molecule has 0 atom stereocenters. The first-order valence-corrected chi connectivity index (χ1v) is 6.76. The van der Waals surface area contributed by atoms with Crippen molar-refractivity contribution in [2.24, 2.45) is 0 Å². The van der Waals surface area contributed by atoms with Crippen molar-refractivity contribution in [1.82, 2.24) is 11.1 Å². The fourth-order valence-corrected chi connectivity index (χ4v) is 2.76. The van der Waals surface area contributed by atoms with Crippen molar-refractivity contribution < 1.29 is 0 Å². The molecular formula is C19H16N2. The number of nitrogens with zero attached hydrogens (tertiary/aromatic N) is 1. The molecule has 4 aromatic rings. The van der Waals surface area contributed by atoms with E-state index in [1.54, 1.807) is 0 Å². The van der Waals surface area contributed by atoms with E-state index in [2.05, 4.69) is 66.7 Å². The molecule has 0 aliphatic carbocycles. The second-order valence-corrected chi connectivity index (χ2v) is 4.89. The molecule has 0 aliphatic heterocycles. The molecule has 4 rings (SSSR count). The highest BCUT2D eigenvalue weighted by Crippen LogP contribution is 2.34. The minimum atomic E-state index is 0. The normalized spacial score (nSPS) is 10.5. The Morgan fingerprint density at radius 1 is 0.524 bits per heavy atom. The number of pyridine rings is 1.